The van der Waals surface area contributed by atoms with Gasteiger partial charge in [0.15, 0.2) is 0 Å². The molecule has 0 heteroatoms. The monoisotopic (exact) mass is 456 g/mol. The maximum absolute atomic E-state index is 2.35. The minimum atomic E-state index is 1.31. The number of hydrogen-bond donors (Lipinski definition) is 0. The number of benzene rings is 8. The van der Waals surface area contributed by atoms with E-state index in [0.717, 1.165) is 0 Å². The molecule has 0 N–H and O–H groups in total. The maximum atomic E-state index is 2.35. The lowest BCUT2D eigenvalue weighted by Crippen LogP contribution is -1.93. The first-order valence-corrected chi connectivity index (χ1v) is 12.7. The van der Waals surface area contributed by atoms with E-state index >= 15 is 0 Å². The third kappa shape index (κ3) is 2.44. The molecule has 8 rings (SSSR count). The fourth-order valence-corrected chi connectivity index (χ4v) is 6.68. The van der Waals surface area contributed by atoms with Gasteiger partial charge in [-0.05, 0) is 101 Å². The summed E-state index contributed by atoms with van der Waals surface area (Å²) in [5, 5.41) is 16.2. The first kappa shape index (κ1) is 19.8. The quantitative estimate of drug-likeness (QED) is 0.170. The van der Waals surface area contributed by atoms with Crippen molar-refractivity contribution in [2.45, 2.75) is 13.8 Å². The molecule has 0 nitrogen and oxygen atoms in total. The molecule has 8 aromatic carbocycles. The van der Waals surface area contributed by atoms with Gasteiger partial charge < -0.3 is 0 Å². The first-order valence-electron chi connectivity index (χ1n) is 12.7. The van der Waals surface area contributed by atoms with Crippen LogP contribution >= 0.6 is 0 Å². The minimum Gasteiger partial charge on any atom is -0.0616 e. The fourth-order valence-electron chi connectivity index (χ4n) is 6.68. The summed E-state index contributed by atoms with van der Waals surface area (Å²) in [6.45, 7) is 4.43. The van der Waals surface area contributed by atoms with Crippen LogP contribution in [0.15, 0.2) is 109 Å². The summed E-state index contributed by atoms with van der Waals surface area (Å²) in [5.41, 5.74) is 5.30. The molecular formula is C36H24. The zero-order valence-corrected chi connectivity index (χ0v) is 20.4. The van der Waals surface area contributed by atoms with Gasteiger partial charge in [-0.1, -0.05) is 109 Å². The maximum Gasteiger partial charge on any atom is -0.00137 e. The summed E-state index contributed by atoms with van der Waals surface area (Å²) in [5.74, 6) is 0. The Morgan fingerprint density at radius 1 is 0.306 bits per heavy atom. The first-order chi connectivity index (χ1) is 17.7. The van der Waals surface area contributed by atoms with Crippen LogP contribution in [0.3, 0.4) is 0 Å². The zero-order valence-electron chi connectivity index (χ0n) is 20.4. The second-order valence-corrected chi connectivity index (χ2v) is 10.2. The molecule has 0 saturated carbocycles. The number of rotatable bonds is 1. The average molecular weight is 457 g/mol. The third-order valence-corrected chi connectivity index (χ3v) is 8.28. The van der Waals surface area contributed by atoms with Crippen molar-refractivity contribution in [1.82, 2.24) is 0 Å². The van der Waals surface area contributed by atoms with E-state index in [1.165, 1.54) is 86.9 Å². The number of fused-ring (bicyclic) bond motifs is 5. The fraction of sp³-hybridized carbons (Fsp3) is 0.0556. The summed E-state index contributed by atoms with van der Waals surface area (Å²) < 4.78 is 0. The van der Waals surface area contributed by atoms with Gasteiger partial charge >= 0.3 is 0 Å². The highest BCUT2D eigenvalue weighted by Gasteiger charge is 2.20. The van der Waals surface area contributed by atoms with E-state index in [4.69, 9.17) is 0 Å². The second-order valence-electron chi connectivity index (χ2n) is 10.2. The molecule has 0 aliphatic carbocycles. The Kier molecular flexibility index (Phi) is 3.89. The van der Waals surface area contributed by atoms with E-state index in [2.05, 4.69) is 123 Å². The summed E-state index contributed by atoms with van der Waals surface area (Å²) in [6, 6.07) is 40.8. The van der Waals surface area contributed by atoms with Crippen molar-refractivity contribution in [3.63, 3.8) is 0 Å². The highest BCUT2D eigenvalue weighted by Crippen LogP contribution is 2.48. The Hall–Kier alpha value is -4.42. The van der Waals surface area contributed by atoms with Crippen molar-refractivity contribution >= 4 is 64.6 Å². The molecule has 0 atom stereocenters. The molecule has 168 valence electrons. The smallest absolute Gasteiger partial charge is 0.00137 e. The largest absolute Gasteiger partial charge is 0.0616 e. The summed E-state index contributed by atoms with van der Waals surface area (Å²) >= 11 is 0. The Morgan fingerprint density at radius 2 is 0.806 bits per heavy atom. The van der Waals surface area contributed by atoms with Gasteiger partial charge in [0.1, 0.15) is 0 Å². The Labute approximate surface area is 209 Å². The van der Waals surface area contributed by atoms with Crippen molar-refractivity contribution < 1.29 is 0 Å². The Bertz CT molecular complexity index is 2160. The van der Waals surface area contributed by atoms with Crippen molar-refractivity contribution in [3.8, 4) is 11.1 Å². The lowest BCUT2D eigenvalue weighted by atomic mass is 9.82. The minimum absolute atomic E-state index is 1.31. The van der Waals surface area contributed by atoms with Crippen LogP contribution in [0.2, 0.25) is 0 Å². The zero-order chi connectivity index (χ0) is 24.0. The van der Waals surface area contributed by atoms with Crippen molar-refractivity contribution in [3.05, 3.63) is 120 Å². The molecule has 0 fully saturated rings. The lowest BCUT2D eigenvalue weighted by Gasteiger charge is -2.21. The summed E-state index contributed by atoms with van der Waals surface area (Å²) in [6.07, 6.45) is 0. The van der Waals surface area contributed by atoms with Crippen LogP contribution < -0.4 is 0 Å². The van der Waals surface area contributed by atoms with E-state index < -0.39 is 0 Å². The molecule has 0 spiro atoms. The number of hydrogen-bond acceptors (Lipinski definition) is 0. The van der Waals surface area contributed by atoms with Gasteiger partial charge in [-0.15, -0.1) is 0 Å². The Morgan fingerprint density at radius 3 is 1.61 bits per heavy atom. The highest BCUT2D eigenvalue weighted by atomic mass is 14.2. The van der Waals surface area contributed by atoms with Crippen LogP contribution in [0, 0.1) is 13.8 Å². The van der Waals surface area contributed by atoms with Crippen LogP contribution in [0.1, 0.15) is 11.1 Å². The number of aryl methyl sites for hydroxylation is 2. The second kappa shape index (κ2) is 7.06. The predicted octanol–water partition coefficient (Wildman–Crippen LogP) is 10.3. The highest BCUT2D eigenvalue weighted by molar-refractivity contribution is 6.41. The molecule has 0 saturated heterocycles. The van der Waals surface area contributed by atoms with Gasteiger partial charge in [-0.2, -0.15) is 0 Å². The van der Waals surface area contributed by atoms with Crippen molar-refractivity contribution in [2.75, 3.05) is 0 Å². The van der Waals surface area contributed by atoms with Crippen LogP contribution in [-0.4, -0.2) is 0 Å². The Balaban J connectivity index is 1.71. The van der Waals surface area contributed by atoms with Crippen LogP contribution in [0.5, 0.6) is 0 Å². The van der Waals surface area contributed by atoms with Crippen LogP contribution in [0.4, 0.5) is 0 Å². The molecule has 0 bridgehead atoms. The lowest BCUT2D eigenvalue weighted by molar-refractivity contribution is 1.53. The van der Waals surface area contributed by atoms with Gasteiger partial charge in [-0.3, -0.25) is 0 Å². The molecule has 0 unspecified atom stereocenters. The SMILES string of the molecule is Cc1ccc(-c2c3ccccc3c3c4ccc(C)c5cccc(c6cccc2c63)c54)c2ccccc12. The van der Waals surface area contributed by atoms with Crippen LogP contribution in [0.25, 0.3) is 75.8 Å². The standard InChI is InChI=1S/C36H24/c1-21-17-19-30(25-10-4-3-9-23(21)25)34-26-11-5-6-12-28(26)36-32-20-18-22(2)24-13-7-14-27(33(24)32)29-15-8-16-31(34)35(29)36/h3-20H,1-2H3. The molecule has 36 heavy (non-hydrogen) atoms. The van der Waals surface area contributed by atoms with Crippen molar-refractivity contribution in [1.29, 1.82) is 0 Å². The van der Waals surface area contributed by atoms with Gasteiger partial charge in [-0.25, -0.2) is 0 Å². The molecular weight excluding hydrogens is 432 g/mol. The molecule has 0 aliphatic rings. The molecule has 0 amide bonds. The molecule has 8 aromatic rings. The van der Waals surface area contributed by atoms with Gasteiger partial charge in [0.2, 0.25) is 0 Å². The van der Waals surface area contributed by atoms with E-state index in [-0.39, 0.29) is 0 Å². The third-order valence-electron chi connectivity index (χ3n) is 8.28. The van der Waals surface area contributed by atoms with E-state index in [1.807, 2.05) is 0 Å². The average Bonchev–Trinajstić information content (AvgIpc) is 2.93. The van der Waals surface area contributed by atoms with Crippen molar-refractivity contribution in [2.24, 2.45) is 0 Å². The molecule has 0 heterocycles. The summed E-state index contributed by atoms with van der Waals surface area (Å²) in [4.78, 5) is 0. The normalized spacial score (nSPS) is 12.2. The molecule has 0 radical (unpaired) electrons. The van der Waals surface area contributed by atoms with Gasteiger partial charge in [0.25, 0.3) is 0 Å². The summed E-state index contributed by atoms with van der Waals surface area (Å²) in [7, 11) is 0. The predicted molar refractivity (Wildman–Crippen MR) is 158 cm³/mol. The van der Waals surface area contributed by atoms with E-state index in [9.17, 15) is 0 Å². The van der Waals surface area contributed by atoms with Gasteiger partial charge in [0.05, 0.1) is 0 Å². The molecule has 0 aromatic heterocycles. The van der Waals surface area contributed by atoms with Crippen LogP contribution in [-0.2, 0) is 0 Å². The van der Waals surface area contributed by atoms with E-state index in [0.29, 0.717) is 0 Å². The van der Waals surface area contributed by atoms with Gasteiger partial charge in [0, 0.05) is 0 Å². The van der Waals surface area contributed by atoms with E-state index in [1.54, 1.807) is 0 Å². The molecule has 0 aliphatic heterocycles. The topological polar surface area (TPSA) is 0 Å².